The molecule has 1 unspecified atom stereocenters. The van der Waals surface area contributed by atoms with Crippen molar-refractivity contribution in [3.8, 4) is 0 Å². The van der Waals surface area contributed by atoms with Crippen LogP contribution >= 0.6 is 11.8 Å². The number of rotatable bonds is 2. The smallest absolute Gasteiger partial charge is 0.310 e. The third-order valence-electron chi connectivity index (χ3n) is 3.86. The van der Waals surface area contributed by atoms with Crippen molar-refractivity contribution >= 4 is 23.5 Å². The van der Waals surface area contributed by atoms with Crippen LogP contribution in [0.4, 0.5) is 23.4 Å². The first-order chi connectivity index (χ1) is 11.7. The Hall–Kier alpha value is -2.36. The molecule has 0 aliphatic carbocycles. The molecule has 10 heteroatoms. The minimum Gasteiger partial charge on any atom is -0.310 e. The van der Waals surface area contributed by atoms with Gasteiger partial charge in [0.05, 0.1) is 17.0 Å². The molecule has 1 aromatic heterocycles. The van der Waals surface area contributed by atoms with E-state index >= 15 is 0 Å². The van der Waals surface area contributed by atoms with Crippen LogP contribution in [0.5, 0.6) is 0 Å². The number of benzene rings is 1. The summed E-state index contributed by atoms with van der Waals surface area (Å²) in [5.41, 5.74) is -2.57. The number of nitrogens with one attached hydrogen (secondary N) is 2. The van der Waals surface area contributed by atoms with Crippen molar-refractivity contribution in [3.63, 3.8) is 0 Å². The molecule has 1 atom stereocenters. The predicted molar refractivity (Wildman–Crippen MR) is 83.1 cm³/mol. The van der Waals surface area contributed by atoms with Crippen molar-refractivity contribution in [2.75, 3.05) is 11.6 Å². The Morgan fingerprint density at radius 3 is 2.64 bits per heavy atom. The third-order valence-corrected chi connectivity index (χ3v) is 4.44. The second-order valence-corrected chi connectivity index (χ2v) is 6.14. The Morgan fingerprint density at radius 1 is 1.28 bits per heavy atom. The molecule has 0 saturated heterocycles. The average Bonchev–Trinajstić information content (AvgIpc) is 2.53. The molecule has 0 saturated carbocycles. The maximum absolute atomic E-state index is 14.1. The number of halogens is 4. The van der Waals surface area contributed by atoms with E-state index in [1.807, 2.05) is 0 Å². The normalized spacial score (nSPS) is 17.2. The summed E-state index contributed by atoms with van der Waals surface area (Å²) in [5, 5.41) is 2.57. The number of hydrogen-bond acceptors (Lipinski definition) is 4. The molecule has 2 heterocycles. The number of alkyl halides is 3. The highest BCUT2D eigenvalue weighted by atomic mass is 32.2. The molecule has 1 aromatic carbocycles. The van der Waals surface area contributed by atoms with Gasteiger partial charge in [-0.15, -0.1) is 0 Å². The van der Waals surface area contributed by atoms with Gasteiger partial charge in [0.1, 0.15) is 11.6 Å². The molecular weight excluding hydrogens is 362 g/mol. The highest BCUT2D eigenvalue weighted by Gasteiger charge is 2.41. The van der Waals surface area contributed by atoms with E-state index in [4.69, 9.17) is 0 Å². The Balaban J connectivity index is 2.13. The topological polar surface area (TPSA) is 74.8 Å². The third kappa shape index (κ3) is 3.13. The summed E-state index contributed by atoms with van der Waals surface area (Å²) in [4.78, 5) is 30.9. The molecule has 0 radical (unpaired) electrons. The van der Waals surface area contributed by atoms with Gasteiger partial charge in [0.15, 0.2) is 5.16 Å². The fourth-order valence-electron chi connectivity index (χ4n) is 2.74. The predicted octanol–water partition coefficient (Wildman–Crippen LogP) is 2.93. The summed E-state index contributed by atoms with van der Waals surface area (Å²) in [6.45, 7) is 0. The number of carbonyl (C=O) groups is 1. The van der Waals surface area contributed by atoms with E-state index in [9.17, 15) is 27.2 Å². The van der Waals surface area contributed by atoms with Crippen LogP contribution in [-0.4, -0.2) is 22.1 Å². The van der Waals surface area contributed by atoms with Crippen LogP contribution in [0.3, 0.4) is 0 Å². The quantitative estimate of drug-likeness (QED) is 0.482. The second-order valence-electron chi connectivity index (χ2n) is 5.35. The van der Waals surface area contributed by atoms with E-state index in [1.165, 1.54) is 0 Å². The molecule has 5 nitrogen and oxygen atoms in total. The fourth-order valence-corrected chi connectivity index (χ4v) is 3.12. The molecule has 1 amide bonds. The number of aromatic nitrogens is 2. The molecule has 1 aliphatic heterocycles. The number of fused-ring (bicyclic) bond motifs is 1. The van der Waals surface area contributed by atoms with Crippen LogP contribution in [0.1, 0.15) is 22.6 Å². The average molecular weight is 373 g/mol. The van der Waals surface area contributed by atoms with Crippen LogP contribution in [0.15, 0.2) is 28.2 Å². The number of hydrogen-bond donors (Lipinski definition) is 2. The first-order valence-corrected chi connectivity index (χ1v) is 8.28. The number of nitrogens with zero attached hydrogens (tertiary/aromatic N) is 1. The van der Waals surface area contributed by atoms with Crippen molar-refractivity contribution in [3.05, 3.63) is 51.1 Å². The molecule has 0 fully saturated rings. The zero-order chi connectivity index (χ0) is 18.4. The van der Waals surface area contributed by atoms with Gasteiger partial charge in [0.25, 0.3) is 5.56 Å². The lowest BCUT2D eigenvalue weighted by molar-refractivity contribution is -0.138. The Bertz CT molecular complexity index is 911. The number of aromatic amines is 1. The van der Waals surface area contributed by atoms with E-state index in [0.29, 0.717) is 6.07 Å². The highest BCUT2D eigenvalue weighted by Crippen LogP contribution is 2.39. The van der Waals surface area contributed by atoms with Crippen LogP contribution in [-0.2, 0) is 17.4 Å². The van der Waals surface area contributed by atoms with Gasteiger partial charge in [-0.1, -0.05) is 17.8 Å². The maximum Gasteiger partial charge on any atom is 0.416 e. The maximum atomic E-state index is 14.1. The lowest BCUT2D eigenvalue weighted by Crippen LogP contribution is -2.35. The van der Waals surface area contributed by atoms with E-state index in [1.54, 1.807) is 6.26 Å². The Labute approximate surface area is 142 Å². The van der Waals surface area contributed by atoms with Gasteiger partial charge in [0, 0.05) is 5.56 Å². The Kier molecular flexibility index (Phi) is 4.31. The van der Waals surface area contributed by atoms with Gasteiger partial charge >= 0.3 is 6.18 Å². The summed E-state index contributed by atoms with van der Waals surface area (Å²) in [6, 6.07) is 2.49. The monoisotopic (exact) mass is 373 g/mol. The van der Waals surface area contributed by atoms with Gasteiger partial charge in [-0.25, -0.2) is 9.37 Å². The molecular formula is C15H11F4N3O2S. The summed E-state index contributed by atoms with van der Waals surface area (Å²) >= 11 is 1.14. The van der Waals surface area contributed by atoms with Crippen molar-refractivity contribution in [1.82, 2.24) is 9.97 Å². The zero-order valence-electron chi connectivity index (χ0n) is 12.7. The van der Waals surface area contributed by atoms with E-state index in [2.05, 4.69) is 15.3 Å². The molecule has 3 rings (SSSR count). The van der Waals surface area contributed by atoms with Crippen molar-refractivity contribution in [2.24, 2.45) is 0 Å². The molecule has 2 N–H and O–H groups in total. The van der Waals surface area contributed by atoms with Crippen LogP contribution < -0.4 is 10.9 Å². The molecule has 0 spiro atoms. The summed E-state index contributed by atoms with van der Waals surface area (Å²) in [7, 11) is 0. The van der Waals surface area contributed by atoms with Gasteiger partial charge < -0.3 is 10.3 Å². The molecule has 1 aliphatic rings. The van der Waals surface area contributed by atoms with Gasteiger partial charge in [-0.2, -0.15) is 13.2 Å². The molecule has 25 heavy (non-hydrogen) atoms. The number of anilines is 1. The molecule has 0 bridgehead atoms. The van der Waals surface area contributed by atoms with Crippen molar-refractivity contribution < 1.29 is 22.4 Å². The SMILES string of the molecule is CSc1nc2c(c(=O)[nH]1)CC(c1c(F)cccc1C(F)(F)F)C(=O)N2. The number of thioether (sulfide) groups is 1. The minimum atomic E-state index is -4.83. The molecule has 2 aromatic rings. The largest absolute Gasteiger partial charge is 0.416 e. The zero-order valence-corrected chi connectivity index (χ0v) is 13.5. The van der Waals surface area contributed by atoms with Crippen LogP contribution in [0.2, 0.25) is 0 Å². The van der Waals surface area contributed by atoms with E-state index in [-0.39, 0.29) is 23.0 Å². The highest BCUT2D eigenvalue weighted by molar-refractivity contribution is 7.98. The summed E-state index contributed by atoms with van der Waals surface area (Å²) in [6.07, 6.45) is -3.54. The van der Waals surface area contributed by atoms with E-state index < -0.39 is 40.5 Å². The number of amides is 1. The van der Waals surface area contributed by atoms with Crippen molar-refractivity contribution in [1.29, 1.82) is 0 Å². The van der Waals surface area contributed by atoms with Gasteiger partial charge in [-0.05, 0) is 24.8 Å². The lowest BCUT2D eigenvalue weighted by atomic mass is 9.85. The Morgan fingerprint density at radius 2 is 2.00 bits per heavy atom. The van der Waals surface area contributed by atoms with Gasteiger partial charge in [0.2, 0.25) is 5.91 Å². The molecule has 132 valence electrons. The van der Waals surface area contributed by atoms with Gasteiger partial charge in [-0.3, -0.25) is 9.59 Å². The van der Waals surface area contributed by atoms with Crippen molar-refractivity contribution in [2.45, 2.75) is 23.7 Å². The number of H-pyrrole nitrogens is 1. The van der Waals surface area contributed by atoms with Crippen LogP contribution in [0, 0.1) is 5.82 Å². The summed E-state index contributed by atoms with van der Waals surface area (Å²) in [5.74, 6) is -3.48. The van der Waals surface area contributed by atoms with Crippen LogP contribution in [0.25, 0.3) is 0 Å². The first kappa shape index (κ1) is 17.5. The van der Waals surface area contributed by atoms with E-state index in [0.717, 1.165) is 23.9 Å². The standard InChI is InChI=1S/C15H11F4N3O2S/c1-25-14-21-11-7(13(24)22-14)5-6(12(23)20-11)10-8(15(17,18)19)3-2-4-9(10)16/h2-4,6H,5H2,1H3,(H2,20,21,22,23,24). The number of carbonyl (C=O) groups excluding carboxylic acids is 1. The summed E-state index contributed by atoms with van der Waals surface area (Å²) < 4.78 is 53.8. The fraction of sp³-hybridized carbons (Fsp3) is 0.267. The lowest BCUT2D eigenvalue weighted by Gasteiger charge is -2.26. The minimum absolute atomic E-state index is 0.0128. The first-order valence-electron chi connectivity index (χ1n) is 7.06. The second kappa shape index (κ2) is 6.17.